The van der Waals surface area contributed by atoms with E-state index in [9.17, 15) is 0 Å². The summed E-state index contributed by atoms with van der Waals surface area (Å²) >= 11 is 0. The molecule has 0 aromatic rings. The summed E-state index contributed by atoms with van der Waals surface area (Å²) in [6, 6.07) is 0. The number of nitrogens with two attached hydrogens (primary N) is 1. The molecule has 62 valence electrons. The number of hydrogen-bond acceptors (Lipinski definition) is 2. The highest BCUT2D eigenvalue weighted by Gasteiger charge is 1.95. The molecule has 10 heavy (non-hydrogen) atoms. The molecule has 1 atom stereocenters. The van der Waals surface area contributed by atoms with Gasteiger partial charge in [-0.05, 0) is 12.8 Å². The fraction of sp³-hybridized carbons (Fsp3) is 0.833. The van der Waals surface area contributed by atoms with Crippen molar-refractivity contribution >= 4 is 29.8 Å². The first-order valence-electron chi connectivity index (χ1n) is 3.04. The minimum atomic E-state index is 0. The predicted molar refractivity (Wildman–Crippen MR) is 53.8 cm³/mol. The molecule has 4 heteroatoms. The predicted octanol–water partition coefficient (Wildman–Crippen LogP) is 0.610. The number of halogens is 1. The minimum Gasteiger partial charge on any atom is -0.396 e. The van der Waals surface area contributed by atoms with E-state index in [2.05, 4.69) is 4.99 Å². The van der Waals surface area contributed by atoms with Gasteiger partial charge in [-0.3, -0.25) is 4.99 Å². The maximum atomic E-state index is 8.54. The van der Waals surface area contributed by atoms with E-state index in [1.165, 1.54) is 0 Å². The van der Waals surface area contributed by atoms with Gasteiger partial charge in [0.15, 0.2) is 0 Å². The third-order valence-electron chi connectivity index (χ3n) is 0.964. The summed E-state index contributed by atoms with van der Waals surface area (Å²) in [6.07, 6.45) is 0. The van der Waals surface area contributed by atoms with Crippen molar-refractivity contribution in [3.05, 3.63) is 0 Å². The number of aliphatic hydroxyl groups excluding tert-OH is 1. The fourth-order valence-electron chi connectivity index (χ4n) is 0.358. The van der Waals surface area contributed by atoms with Gasteiger partial charge in [-0.25, -0.2) is 0 Å². The van der Waals surface area contributed by atoms with E-state index in [0.29, 0.717) is 12.4 Å². The molecule has 3 N–H and O–H groups in total. The molecular formula is C6H15IN2O. The third-order valence-corrected chi connectivity index (χ3v) is 0.964. The molecule has 0 heterocycles. The van der Waals surface area contributed by atoms with Gasteiger partial charge in [0.2, 0.25) is 0 Å². The largest absolute Gasteiger partial charge is 0.396 e. The monoisotopic (exact) mass is 258 g/mol. The van der Waals surface area contributed by atoms with Crippen LogP contribution in [0.4, 0.5) is 0 Å². The Morgan fingerprint density at radius 2 is 2.20 bits per heavy atom. The zero-order valence-electron chi connectivity index (χ0n) is 6.37. The Morgan fingerprint density at radius 3 is 2.50 bits per heavy atom. The molecule has 0 aromatic carbocycles. The van der Waals surface area contributed by atoms with Gasteiger partial charge in [0, 0.05) is 13.2 Å². The van der Waals surface area contributed by atoms with Crippen LogP contribution in [0.5, 0.6) is 0 Å². The number of rotatable bonds is 3. The number of aliphatic hydroxyl groups is 1. The molecule has 0 fully saturated rings. The molecule has 0 rings (SSSR count). The van der Waals surface area contributed by atoms with Crippen LogP contribution in [0.15, 0.2) is 4.99 Å². The van der Waals surface area contributed by atoms with Crippen molar-refractivity contribution in [2.75, 3.05) is 13.2 Å². The third kappa shape index (κ3) is 8.16. The number of hydrogen-bond donors (Lipinski definition) is 2. The van der Waals surface area contributed by atoms with Gasteiger partial charge >= 0.3 is 0 Å². The van der Waals surface area contributed by atoms with Crippen LogP contribution in [0.25, 0.3) is 0 Å². The Balaban J connectivity index is 0. The van der Waals surface area contributed by atoms with E-state index in [0.717, 1.165) is 0 Å². The Kier molecular flexibility index (Phi) is 9.31. The average molecular weight is 258 g/mol. The van der Waals surface area contributed by atoms with E-state index in [1.54, 1.807) is 6.92 Å². The SMILES string of the molecule is CC(N)=NCC(C)CO.I. The fourth-order valence-corrected chi connectivity index (χ4v) is 0.358. The molecule has 0 amide bonds. The van der Waals surface area contributed by atoms with Crippen LogP contribution in [0.3, 0.4) is 0 Å². The normalized spacial score (nSPS) is 14.1. The van der Waals surface area contributed by atoms with Crippen LogP contribution in [0.1, 0.15) is 13.8 Å². The van der Waals surface area contributed by atoms with Gasteiger partial charge in [-0.15, -0.1) is 24.0 Å². The zero-order chi connectivity index (χ0) is 7.28. The van der Waals surface area contributed by atoms with Crippen molar-refractivity contribution in [2.45, 2.75) is 13.8 Å². The van der Waals surface area contributed by atoms with Crippen LogP contribution in [0, 0.1) is 5.92 Å². The van der Waals surface area contributed by atoms with Crippen molar-refractivity contribution in [2.24, 2.45) is 16.6 Å². The van der Waals surface area contributed by atoms with Gasteiger partial charge in [0.05, 0.1) is 5.84 Å². The average Bonchev–Trinajstić information content (AvgIpc) is 1.83. The molecular weight excluding hydrogens is 243 g/mol. The Hall–Kier alpha value is 0.160. The quantitative estimate of drug-likeness (QED) is 0.442. The van der Waals surface area contributed by atoms with Gasteiger partial charge < -0.3 is 10.8 Å². The standard InChI is InChI=1S/C6H14N2O.HI/c1-5(4-9)3-8-6(2)7;/h5,9H,3-4H2,1-2H3,(H2,7,8);1H. The molecule has 0 saturated heterocycles. The maximum absolute atomic E-state index is 8.54. The number of aliphatic imine (C=N–C) groups is 1. The van der Waals surface area contributed by atoms with Crippen LogP contribution in [-0.2, 0) is 0 Å². The van der Waals surface area contributed by atoms with Crippen molar-refractivity contribution < 1.29 is 5.11 Å². The lowest BCUT2D eigenvalue weighted by atomic mass is 10.2. The lowest BCUT2D eigenvalue weighted by molar-refractivity contribution is 0.242. The summed E-state index contributed by atoms with van der Waals surface area (Å²) in [5.74, 6) is 0.804. The summed E-state index contributed by atoms with van der Waals surface area (Å²) in [5.41, 5.74) is 5.26. The van der Waals surface area contributed by atoms with Crippen LogP contribution < -0.4 is 5.73 Å². The molecule has 0 aliphatic carbocycles. The van der Waals surface area contributed by atoms with Gasteiger partial charge in [-0.2, -0.15) is 0 Å². The zero-order valence-corrected chi connectivity index (χ0v) is 8.70. The lowest BCUT2D eigenvalue weighted by Crippen LogP contribution is -2.11. The molecule has 0 spiro atoms. The Bertz CT molecular complexity index is 102. The first-order chi connectivity index (χ1) is 4.16. The van der Waals surface area contributed by atoms with Crippen molar-refractivity contribution in [1.29, 1.82) is 0 Å². The van der Waals surface area contributed by atoms with Gasteiger partial charge in [-0.1, -0.05) is 6.92 Å². The lowest BCUT2D eigenvalue weighted by Gasteiger charge is -2.01. The summed E-state index contributed by atoms with van der Waals surface area (Å²) in [7, 11) is 0. The highest BCUT2D eigenvalue weighted by Crippen LogP contribution is 1.91. The molecule has 0 radical (unpaired) electrons. The first kappa shape index (κ1) is 12.8. The molecule has 0 aromatic heterocycles. The van der Waals surface area contributed by atoms with Crippen molar-refractivity contribution in [3.63, 3.8) is 0 Å². The second-order valence-electron chi connectivity index (χ2n) is 2.27. The Morgan fingerprint density at radius 1 is 1.70 bits per heavy atom. The summed E-state index contributed by atoms with van der Waals surface area (Å²) in [4.78, 5) is 3.93. The van der Waals surface area contributed by atoms with Crippen molar-refractivity contribution in [3.8, 4) is 0 Å². The topological polar surface area (TPSA) is 58.6 Å². The smallest absolute Gasteiger partial charge is 0.0905 e. The highest BCUT2D eigenvalue weighted by molar-refractivity contribution is 14.0. The molecule has 0 aliphatic rings. The summed E-state index contributed by atoms with van der Waals surface area (Å²) in [6.45, 7) is 4.46. The Labute approximate surface area is 78.7 Å². The second-order valence-corrected chi connectivity index (χ2v) is 2.27. The van der Waals surface area contributed by atoms with Crippen LogP contribution in [0.2, 0.25) is 0 Å². The summed E-state index contributed by atoms with van der Waals surface area (Å²) < 4.78 is 0. The van der Waals surface area contributed by atoms with E-state index in [-0.39, 0.29) is 36.5 Å². The van der Waals surface area contributed by atoms with Crippen LogP contribution >= 0.6 is 24.0 Å². The van der Waals surface area contributed by atoms with E-state index < -0.39 is 0 Å². The molecule has 3 nitrogen and oxygen atoms in total. The van der Waals surface area contributed by atoms with Crippen LogP contribution in [-0.4, -0.2) is 24.1 Å². The minimum absolute atomic E-state index is 0. The summed E-state index contributed by atoms with van der Waals surface area (Å²) in [5, 5.41) is 8.54. The molecule has 1 unspecified atom stereocenters. The van der Waals surface area contributed by atoms with Gasteiger partial charge in [0.25, 0.3) is 0 Å². The van der Waals surface area contributed by atoms with E-state index in [4.69, 9.17) is 10.8 Å². The molecule has 0 bridgehead atoms. The van der Waals surface area contributed by atoms with Crippen molar-refractivity contribution in [1.82, 2.24) is 0 Å². The van der Waals surface area contributed by atoms with Gasteiger partial charge in [0.1, 0.15) is 0 Å². The van der Waals surface area contributed by atoms with E-state index in [1.807, 2.05) is 6.92 Å². The number of nitrogens with zero attached hydrogens (tertiary/aromatic N) is 1. The molecule has 0 aliphatic heterocycles. The van der Waals surface area contributed by atoms with E-state index >= 15 is 0 Å². The molecule has 0 saturated carbocycles. The highest BCUT2D eigenvalue weighted by atomic mass is 127. The first-order valence-corrected chi connectivity index (χ1v) is 3.04. The second kappa shape index (κ2) is 7.27. The maximum Gasteiger partial charge on any atom is 0.0905 e. The number of amidine groups is 1.